The molecular formula is C23H28FN3O4S. The normalized spacial score (nSPS) is 22.8. The highest BCUT2D eigenvalue weighted by Gasteiger charge is 2.50. The van der Waals surface area contributed by atoms with Gasteiger partial charge in [-0.05, 0) is 31.2 Å². The van der Waals surface area contributed by atoms with Crippen LogP contribution in [0.2, 0.25) is 0 Å². The number of sulfonamides is 1. The van der Waals surface area contributed by atoms with Crippen LogP contribution in [-0.2, 0) is 25.3 Å². The second-order valence-corrected chi connectivity index (χ2v) is 10.3. The summed E-state index contributed by atoms with van der Waals surface area (Å²) in [6.45, 7) is 5.41. The van der Waals surface area contributed by atoms with Crippen molar-refractivity contribution in [3.63, 3.8) is 0 Å². The second kappa shape index (κ2) is 8.72. The highest BCUT2D eigenvalue weighted by molar-refractivity contribution is 7.89. The van der Waals surface area contributed by atoms with Crippen LogP contribution in [0.3, 0.4) is 0 Å². The molecule has 3 heterocycles. The monoisotopic (exact) mass is 461 g/mol. The van der Waals surface area contributed by atoms with Crippen molar-refractivity contribution in [3.8, 4) is 0 Å². The zero-order valence-corrected chi connectivity index (χ0v) is 18.8. The number of rotatable bonds is 5. The Morgan fingerprint density at radius 2 is 1.59 bits per heavy atom. The third kappa shape index (κ3) is 3.92. The predicted molar refractivity (Wildman–Crippen MR) is 118 cm³/mol. The first kappa shape index (κ1) is 21.8. The summed E-state index contributed by atoms with van der Waals surface area (Å²) in [5.41, 5.74) is 1.24. The first-order chi connectivity index (χ1) is 15.5. The molecule has 0 unspecified atom stereocenters. The SMILES string of the molecule is O=S1(=O)c2ccccc2C2(CN1CCCN1CCN(c3ccccc3F)CC1)OCCO2. The zero-order chi connectivity index (χ0) is 22.2. The molecule has 0 aromatic heterocycles. The summed E-state index contributed by atoms with van der Waals surface area (Å²) in [6.07, 6.45) is 0.706. The van der Waals surface area contributed by atoms with Crippen molar-refractivity contribution in [2.24, 2.45) is 0 Å². The Morgan fingerprint density at radius 3 is 2.34 bits per heavy atom. The van der Waals surface area contributed by atoms with Gasteiger partial charge in [-0.2, -0.15) is 4.31 Å². The van der Waals surface area contributed by atoms with Crippen molar-refractivity contribution in [1.29, 1.82) is 0 Å². The standard InChI is InChI=1S/C23H28FN3O4S/c24-20-7-2-3-8-21(20)26-14-12-25(13-15-26)10-5-11-27-18-23(30-16-17-31-23)19-6-1-4-9-22(19)32(27,28)29/h1-4,6-9H,5,10-18H2. The van der Waals surface area contributed by atoms with Gasteiger partial charge in [-0.1, -0.05) is 30.3 Å². The fourth-order valence-corrected chi connectivity index (χ4v) is 6.58. The van der Waals surface area contributed by atoms with Crippen LogP contribution in [0.5, 0.6) is 0 Å². The molecule has 0 N–H and O–H groups in total. The van der Waals surface area contributed by atoms with Gasteiger partial charge < -0.3 is 14.4 Å². The van der Waals surface area contributed by atoms with Crippen molar-refractivity contribution < 1.29 is 22.3 Å². The summed E-state index contributed by atoms with van der Waals surface area (Å²) in [4.78, 5) is 4.64. The van der Waals surface area contributed by atoms with Gasteiger partial charge in [-0.25, -0.2) is 12.8 Å². The quantitative estimate of drug-likeness (QED) is 0.681. The molecule has 2 fully saturated rings. The first-order valence-corrected chi connectivity index (χ1v) is 12.5. The van der Waals surface area contributed by atoms with Gasteiger partial charge in [0.2, 0.25) is 15.8 Å². The minimum absolute atomic E-state index is 0.174. The van der Waals surface area contributed by atoms with Crippen LogP contribution < -0.4 is 4.90 Å². The van der Waals surface area contributed by atoms with Crippen molar-refractivity contribution >= 4 is 15.7 Å². The lowest BCUT2D eigenvalue weighted by Gasteiger charge is -2.40. The number of fused-ring (bicyclic) bond motifs is 2. The number of nitrogens with zero attached hydrogens (tertiary/aromatic N) is 3. The molecule has 3 aliphatic heterocycles. The first-order valence-electron chi connectivity index (χ1n) is 11.1. The number of benzene rings is 2. The lowest BCUT2D eigenvalue weighted by molar-refractivity contribution is -0.176. The van der Waals surface area contributed by atoms with Gasteiger partial charge in [0.15, 0.2) is 0 Å². The van der Waals surface area contributed by atoms with Crippen LogP contribution in [0.4, 0.5) is 10.1 Å². The predicted octanol–water partition coefficient (Wildman–Crippen LogP) is 2.24. The Bertz CT molecular complexity index is 1070. The molecule has 3 aliphatic rings. The van der Waals surface area contributed by atoms with E-state index in [-0.39, 0.29) is 17.3 Å². The summed E-state index contributed by atoms with van der Waals surface area (Å²) >= 11 is 0. The number of halogens is 1. The van der Waals surface area contributed by atoms with Gasteiger partial charge in [-0.15, -0.1) is 0 Å². The maximum atomic E-state index is 14.0. The van der Waals surface area contributed by atoms with E-state index < -0.39 is 15.8 Å². The van der Waals surface area contributed by atoms with Crippen LogP contribution in [0, 0.1) is 5.82 Å². The lowest BCUT2D eigenvalue weighted by Crippen LogP contribution is -2.51. The molecule has 1 spiro atoms. The number of para-hydroxylation sites is 1. The fourth-order valence-electron chi connectivity index (χ4n) is 4.84. The number of anilines is 1. The number of ether oxygens (including phenoxy) is 2. The summed E-state index contributed by atoms with van der Waals surface area (Å²) in [6, 6.07) is 13.8. The molecule has 0 radical (unpaired) electrons. The molecule has 0 amide bonds. The van der Waals surface area contributed by atoms with E-state index in [2.05, 4.69) is 9.80 Å². The molecule has 0 saturated carbocycles. The number of hydrogen-bond acceptors (Lipinski definition) is 6. The van der Waals surface area contributed by atoms with E-state index in [4.69, 9.17) is 9.47 Å². The second-order valence-electron chi connectivity index (χ2n) is 8.42. The molecular weight excluding hydrogens is 433 g/mol. The third-order valence-corrected chi connectivity index (χ3v) is 8.40. The van der Waals surface area contributed by atoms with Gasteiger partial charge >= 0.3 is 0 Å². The van der Waals surface area contributed by atoms with E-state index in [1.807, 2.05) is 18.2 Å². The van der Waals surface area contributed by atoms with Gasteiger partial charge in [0.25, 0.3) is 0 Å². The lowest BCUT2D eigenvalue weighted by atomic mass is 10.1. The van der Waals surface area contributed by atoms with E-state index in [1.54, 1.807) is 24.3 Å². The largest absolute Gasteiger partial charge is 0.367 e. The van der Waals surface area contributed by atoms with Crippen LogP contribution in [0.1, 0.15) is 12.0 Å². The van der Waals surface area contributed by atoms with Crippen LogP contribution in [0.15, 0.2) is 53.4 Å². The molecule has 0 aliphatic carbocycles. The van der Waals surface area contributed by atoms with Crippen LogP contribution in [-0.4, -0.2) is 76.6 Å². The molecule has 7 nitrogen and oxygen atoms in total. The number of hydrogen-bond donors (Lipinski definition) is 0. The molecule has 2 aromatic carbocycles. The summed E-state index contributed by atoms with van der Waals surface area (Å²) in [5, 5.41) is 0. The third-order valence-electron chi connectivity index (χ3n) is 6.50. The van der Waals surface area contributed by atoms with Crippen LogP contribution in [0.25, 0.3) is 0 Å². The Labute approximate surface area is 188 Å². The highest BCUT2D eigenvalue weighted by Crippen LogP contribution is 2.41. The van der Waals surface area contributed by atoms with Crippen molar-refractivity contribution in [2.45, 2.75) is 17.1 Å². The van der Waals surface area contributed by atoms with Crippen molar-refractivity contribution in [3.05, 3.63) is 59.9 Å². The minimum atomic E-state index is -3.59. The number of piperazine rings is 1. The maximum absolute atomic E-state index is 14.0. The minimum Gasteiger partial charge on any atom is -0.367 e. The summed E-state index contributed by atoms with van der Waals surface area (Å²) in [7, 11) is -3.59. The van der Waals surface area contributed by atoms with E-state index in [9.17, 15) is 12.8 Å². The Morgan fingerprint density at radius 1 is 0.906 bits per heavy atom. The summed E-state index contributed by atoms with van der Waals surface area (Å²) < 4.78 is 53.8. The molecule has 0 atom stereocenters. The highest BCUT2D eigenvalue weighted by atomic mass is 32.2. The summed E-state index contributed by atoms with van der Waals surface area (Å²) in [5.74, 6) is -1.20. The maximum Gasteiger partial charge on any atom is 0.243 e. The van der Waals surface area contributed by atoms with Gasteiger partial charge in [-0.3, -0.25) is 4.90 Å². The van der Waals surface area contributed by atoms with Gasteiger partial charge in [0.1, 0.15) is 5.82 Å². The Hall–Kier alpha value is -2.04. The topological polar surface area (TPSA) is 62.3 Å². The van der Waals surface area contributed by atoms with Crippen LogP contribution >= 0.6 is 0 Å². The average molecular weight is 462 g/mol. The molecule has 172 valence electrons. The van der Waals surface area contributed by atoms with E-state index in [0.29, 0.717) is 37.4 Å². The average Bonchev–Trinajstić information content (AvgIpc) is 3.28. The smallest absolute Gasteiger partial charge is 0.243 e. The zero-order valence-electron chi connectivity index (χ0n) is 18.0. The van der Waals surface area contributed by atoms with E-state index in [1.165, 1.54) is 10.4 Å². The molecule has 2 saturated heterocycles. The van der Waals surface area contributed by atoms with Gasteiger partial charge in [0.05, 0.1) is 30.3 Å². The Balaban J connectivity index is 1.20. The Kier molecular flexibility index (Phi) is 5.94. The van der Waals surface area contributed by atoms with E-state index in [0.717, 1.165) is 32.7 Å². The molecule has 0 bridgehead atoms. The van der Waals surface area contributed by atoms with Gasteiger partial charge in [0, 0.05) is 38.3 Å². The molecule has 2 aromatic rings. The molecule has 9 heteroatoms. The molecule has 5 rings (SSSR count). The fraction of sp³-hybridized carbons (Fsp3) is 0.478. The van der Waals surface area contributed by atoms with Crippen molar-refractivity contribution in [2.75, 3.05) is 63.9 Å². The van der Waals surface area contributed by atoms with E-state index >= 15 is 0 Å². The van der Waals surface area contributed by atoms with Crippen molar-refractivity contribution in [1.82, 2.24) is 9.21 Å². The molecule has 32 heavy (non-hydrogen) atoms.